The summed E-state index contributed by atoms with van der Waals surface area (Å²) < 4.78 is 7.97. The fraction of sp³-hybridized carbons (Fsp3) is 0.824. The van der Waals surface area contributed by atoms with Crippen molar-refractivity contribution in [1.29, 1.82) is 0 Å². The quantitative estimate of drug-likeness (QED) is 0.868. The predicted octanol–water partition coefficient (Wildman–Crippen LogP) is 0.997. The number of nitrogens with zero attached hydrogens (tertiary/aromatic N) is 3. The second-order valence-electron chi connectivity index (χ2n) is 7.07. The van der Waals surface area contributed by atoms with Crippen LogP contribution in [0.3, 0.4) is 0 Å². The summed E-state index contributed by atoms with van der Waals surface area (Å²) >= 11 is 0. The van der Waals surface area contributed by atoms with Gasteiger partial charge in [-0.2, -0.15) is 5.10 Å². The summed E-state index contributed by atoms with van der Waals surface area (Å²) in [7, 11) is 0. The van der Waals surface area contributed by atoms with Gasteiger partial charge in [-0.1, -0.05) is 0 Å². The highest BCUT2D eigenvalue weighted by Crippen LogP contribution is 2.35. The van der Waals surface area contributed by atoms with Gasteiger partial charge >= 0.3 is 0 Å². The van der Waals surface area contributed by atoms with Crippen molar-refractivity contribution < 1.29 is 14.9 Å². The molecule has 0 saturated carbocycles. The van der Waals surface area contributed by atoms with Crippen molar-refractivity contribution >= 4 is 0 Å². The van der Waals surface area contributed by atoms with E-state index in [2.05, 4.69) is 35.5 Å². The predicted molar refractivity (Wildman–Crippen MR) is 87.2 cm³/mol. The van der Waals surface area contributed by atoms with Crippen LogP contribution < -0.4 is 0 Å². The summed E-state index contributed by atoms with van der Waals surface area (Å²) in [6.45, 7) is 10.4. The Morgan fingerprint density at radius 2 is 1.91 bits per heavy atom. The summed E-state index contributed by atoms with van der Waals surface area (Å²) in [5, 5.41) is 24.2. The maximum Gasteiger partial charge on any atom is 0.103 e. The molecule has 0 unspecified atom stereocenters. The zero-order valence-corrected chi connectivity index (χ0v) is 14.5. The summed E-state index contributed by atoms with van der Waals surface area (Å²) in [5.74, 6) is 0. The van der Waals surface area contributed by atoms with Crippen LogP contribution in [0, 0.1) is 13.8 Å². The van der Waals surface area contributed by atoms with E-state index in [9.17, 15) is 10.2 Å². The van der Waals surface area contributed by atoms with Crippen LogP contribution in [0.5, 0.6) is 0 Å². The van der Waals surface area contributed by atoms with Gasteiger partial charge in [0.2, 0.25) is 0 Å². The molecule has 2 aliphatic rings. The lowest BCUT2D eigenvalue weighted by Crippen LogP contribution is -2.54. The van der Waals surface area contributed by atoms with Crippen molar-refractivity contribution in [2.75, 3.05) is 19.7 Å². The second kappa shape index (κ2) is 6.51. The molecule has 2 N–H and O–H groups in total. The molecule has 0 bridgehead atoms. The van der Waals surface area contributed by atoms with Crippen molar-refractivity contribution in [1.82, 2.24) is 14.7 Å². The lowest BCUT2D eigenvalue weighted by Gasteiger charge is -2.46. The van der Waals surface area contributed by atoms with Crippen molar-refractivity contribution in [3.05, 3.63) is 17.0 Å². The lowest BCUT2D eigenvalue weighted by molar-refractivity contribution is -0.188. The van der Waals surface area contributed by atoms with E-state index in [0.29, 0.717) is 6.42 Å². The van der Waals surface area contributed by atoms with E-state index in [4.69, 9.17) is 4.74 Å². The third-order valence-corrected chi connectivity index (χ3v) is 5.57. The second-order valence-corrected chi connectivity index (χ2v) is 7.07. The first-order chi connectivity index (χ1) is 10.9. The van der Waals surface area contributed by atoms with Gasteiger partial charge in [0.15, 0.2) is 0 Å². The van der Waals surface area contributed by atoms with Gasteiger partial charge in [-0.05, 0) is 33.6 Å². The highest BCUT2D eigenvalue weighted by Gasteiger charge is 2.42. The van der Waals surface area contributed by atoms with Crippen molar-refractivity contribution in [3.8, 4) is 0 Å². The minimum Gasteiger partial charge on any atom is -0.390 e. The van der Waals surface area contributed by atoms with E-state index >= 15 is 0 Å². The third kappa shape index (κ3) is 3.31. The number of aromatic nitrogens is 2. The average Bonchev–Trinajstić information content (AvgIpc) is 2.81. The highest BCUT2D eigenvalue weighted by atomic mass is 16.5. The summed E-state index contributed by atoms with van der Waals surface area (Å²) in [6.07, 6.45) is 0.993. The molecule has 2 saturated heterocycles. The smallest absolute Gasteiger partial charge is 0.103 e. The molecule has 0 aromatic carbocycles. The molecule has 2 fully saturated rings. The van der Waals surface area contributed by atoms with E-state index in [0.717, 1.165) is 44.7 Å². The van der Waals surface area contributed by atoms with E-state index in [1.54, 1.807) is 0 Å². The molecule has 0 radical (unpaired) electrons. The molecule has 3 rings (SSSR count). The number of piperidine rings is 1. The van der Waals surface area contributed by atoms with E-state index < -0.39 is 12.2 Å². The molecule has 3 heterocycles. The van der Waals surface area contributed by atoms with E-state index in [1.807, 2.05) is 0 Å². The molecule has 6 heteroatoms. The van der Waals surface area contributed by atoms with Gasteiger partial charge in [-0.15, -0.1) is 0 Å². The molecule has 1 spiro atoms. The zero-order chi connectivity index (χ0) is 16.6. The highest BCUT2D eigenvalue weighted by molar-refractivity contribution is 5.24. The minimum atomic E-state index is -0.733. The average molecular weight is 323 g/mol. The SMILES string of the molecule is CCn1nc(C)c(CN2CCC3(CC2)C[C@@H](O)[C@@H](O)CO3)c1C. The Bertz CT molecular complexity index is 550. The van der Waals surface area contributed by atoms with Crippen molar-refractivity contribution in [2.45, 2.75) is 70.9 Å². The molecule has 1 aromatic rings. The Hall–Kier alpha value is -0.950. The molecule has 130 valence electrons. The fourth-order valence-corrected chi connectivity index (χ4v) is 3.91. The third-order valence-electron chi connectivity index (χ3n) is 5.57. The normalized spacial score (nSPS) is 28.4. The number of likely N-dealkylation sites (tertiary alicyclic amines) is 1. The van der Waals surface area contributed by atoms with Gasteiger partial charge in [-0.25, -0.2) is 0 Å². The van der Waals surface area contributed by atoms with Crippen molar-refractivity contribution in [2.24, 2.45) is 0 Å². The van der Waals surface area contributed by atoms with Crippen LogP contribution >= 0.6 is 0 Å². The number of aliphatic hydroxyl groups is 2. The topological polar surface area (TPSA) is 70.8 Å². The van der Waals surface area contributed by atoms with Gasteiger partial charge < -0.3 is 14.9 Å². The molecule has 2 atom stereocenters. The van der Waals surface area contributed by atoms with Gasteiger partial charge in [0.25, 0.3) is 0 Å². The largest absolute Gasteiger partial charge is 0.390 e. The van der Waals surface area contributed by atoms with Crippen LogP contribution in [0.4, 0.5) is 0 Å². The Morgan fingerprint density at radius 3 is 2.48 bits per heavy atom. The standard InChI is InChI=1S/C17H29N3O3/c1-4-20-13(3)14(12(2)18-20)10-19-7-5-17(6-8-19)9-15(21)16(22)11-23-17/h15-16,21-22H,4-11H2,1-3H3/t15-,16+/m1/s1. The van der Waals surface area contributed by atoms with Gasteiger partial charge in [0, 0.05) is 43.9 Å². The van der Waals surface area contributed by atoms with Crippen LogP contribution in [0.25, 0.3) is 0 Å². The van der Waals surface area contributed by atoms with E-state index in [1.165, 1.54) is 11.3 Å². The first-order valence-corrected chi connectivity index (χ1v) is 8.69. The first-order valence-electron chi connectivity index (χ1n) is 8.69. The van der Waals surface area contributed by atoms with Crippen LogP contribution in [-0.2, 0) is 17.8 Å². The maximum atomic E-state index is 9.94. The molecule has 0 aliphatic carbocycles. The minimum absolute atomic E-state index is 0.243. The zero-order valence-electron chi connectivity index (χ0n) is 14.5. The van der Waals surface area contributed by atoms with Crippen LogP contribution in [0.1, 0.15) is 43.1 Å². The summed E-state index contributed by atoms with van der Waals surface area (Å²) in [5.41, 5.74) is 3.48. The van der Waals surface area contributed by atoms with Gasteiger partial charge in [0.05, 0.1) is 24.0 Å². The van der Waals surface area contributed by atoms with E-state index in [-0.39, 0.29) is 12.2 Å². The number of hydrogen-bond acceptors (Lipinski definition) is 5. The summed E-state index contributed by atoms with van der Waals surface area (Å²) in [4.78, 5) is 2.45. The Labute approximate surface area is 138 Å². The van der Waals surface area contributed by atoms with Crippen LogP contribution in [-0.4, -0.2) is 62.4 Å². The molecular weight excluding hydrogens is 294 g/mol. The van der Waals surface area contributed by atoms with Crippen molar-refractivity contribution in [3.63, 3.8) is 0 Å². The molecule has 1 aromatic heterocycles. The number of aliphatic hydroxyl groups excluding tert-OH is 2. The molecule has 23 heavy (non-hydrogen) atoms. The maximum absolute atomic E-state index is 9.94. The Morgan fingerprint density at radius 1 is 1.22 bits per heavy atom. The molecule has 0 amide bonds. The Kier molecular flexibility index (Phi) is 4.78. The molecule has 6 nitrogen and oxygen atoms in total. The number of ether oxygens (including phenoxy) is 1. The Balaban J connectivity index is 1.61. The number of aryl methyl sites for hydroxylation is 2. The van der Waals surface area contributed by atoms with Crippen LogP contribution in [0.2, 0.25) is 0 Å². The lowest BCUT2D eigenvalue weighted by atomic mass is 9.82. The van der Waals surface area contributed by atoms with Gasteiger partial charge in [-0.3, -0.25) is 9.58 Å². The van der Waals surface area contributed by atoms with Gasteiger partial charge in [0.1, 0.15) is 6.10 Å². The summed E-state index contributed by atoms with van der Waals surface area (Å²) in [6, 6.07) is 0. The molecule has 2 aliphatic heterocycles. The first kappa shape index (κ1) is 16.9. The molecular formula is C17H29N3O3. The fourth-order valence-electron chi connectivity index (χ4n) is 3.91. The monoisotopic (exact) mass is 323 g/mol. The van der Waals surface area contributed by atoms with Crippen LogP contribution in [0.15, 0.2) is 0 Å². The number of rotatable bonds is 3. The number of hydrogen-bond donors (Lipinski definition) is 2.